The van der Waals surface area contributed by atoms with Gasteiger partial charge in [-0.1, -0.05) is 11.8 Å². The van der Waals surface area contributed by atoms with Crippen LogP contribution in [0.1, 0.15) is 34.7 Å². The van der Waals surface area contributed by atoms with Crippen LogP contribution in [0.5, 0.6) is 0 Å². The highest BCUT2D eigenvalue weighted by Crippen LogP contribution is 2.47. The molecular formula is C16H16F3N5O3S2. The van der Waals surface area contributed by atoms with Gasteiger partial charge in [-0.15, -0.1) is 11.3 Å². The first-order chi connectivity index (χ1) is 13.7. The summed E-state index contributed by atoms with van der Waals surface area (Å²) >= 11 is 2.77. The number of hydrogen-bond donors (Lipinski definition) is 2. The number of amides is 1. The lowest BCUT2D eigenvalue weighted by molar-refractivity contribution is -0.157. The molecule has 8 nitrogen and oxygen atoms in total. The van der Waals surface area contributed by atoms with E-state index in [4.69, 9.17) is 10.5 Å². The smallest absolute Gasteiger partial charge is 0.441 e. The van der Waals surface area contributed by atoms with Crippen molar-refractivity contribution in [3.05, 3.63) is 28.2 Å². The minimum absolute atomic E-state index is 0.0948. The molecule has 3 N–H and O–H groups in total. The fourth-order valence-electron chi connectivity index (χ4n) is 3.30. The fraction of sp³-hybridized carbons (Fsp3) is 0.500. The van der Waals surface area contributed by atoms with Crippen molar-refractivity contribution < 1.29 is 27.1 Å². The van der Waals surface area contributed by atoms with Crippen molar-refractivity contribution in [3.8, 4) is 0 Å². The van der Waals surface area contributed by atoms with E-state index in [1.165, 1.54) is 23.1 Å². The number of ether oxygens (including phenoxy) is 1. The Balaban J connectivity index is 1.55. The van der Waals surface area contributed by atoms with Crippen LogP contribution in [0.4, 0.5) is 19.0 Å². The molecule has 29 heavy (non-hydrogen) atoms. The topological polar surface area (TPSA) is 116 Å². The molecule has 1 saturated heterocycles. The van der Waals surface area contributed by atoms with Gasteiger partial charge in [-0.25, -0.2) is 15.0 Å². The highest BCUT2D eigenvalue weighted by molar-refractivity contribution is 8.13. The molecule has 1 fully saturated rings. The number of carbonyl (C=O) groups is 1. The SMILES string of the molecule is C[C@H]1C[C@H]2CSC(N)=NC2(c2nc(NC(=O)c3coc(C(F)(F)F)n3)cs2)CO1. The van der Waals surface area contributed by atoms with E-state index in [2.05, 4.69) is 24.7 Å². The van der Waals surface area contributed by atoms with E-state index in [1.54, 1.807) is 5.38 Å². The highest BCUT2D eigenvalue weighted by atomic mass is 32.2. The van der Waals surface area contributed by atoms with Crippen molar-refractivity contribution in [2.75, 3.05) is 17.7 Å². The number of halogens is 3. The van der Waals surface area contributed by atoms with Gasteiger partial charge in [-0.2, -0.15) is 13.2 Å². The van der Waals surface area contributed by atoms with Gasteiger partial charge < -0.3 is 20.2 Å². The van der Waals surface area contributed by atoms with Crippen LogP contribution in [0.25, 0.3) is 0 Å². The Morgan fingerprint density at radius 2 is 2.21 bits per heavy atom. The number of thiazole rings is 1. The summed E-state index contributed by atoms with van der Waals surface area (Å²) in [5.41, 5.74) is 4.73. The number of nitrogens with one attached hydrogen (secondary N) is 1. The Labute approximate surface area is 171 Å². The number of rotatable bonds is 3. The zero-order chi connectivity index (χ0) is 20.8. The summed E-state index contributed by atoms with van der Waals surface area (Å²) in [4.78, 5) is 24.5. The molecule has 0 saturated carbocycles. The molecule has 2 aromatic heterocycles. The van der Waals surface area contributed by atoms with E-state index < -0.39 is 29.2 Å². The molecule has 0 aliphatic carbocycles. The number of aliphatic imine (C=N–C) groups is 1. The van der Waals surface area contributed by atoms with Crippen molar-refractivity contribution >= 4 is 40.0 Å². The Bertz CT molecular complexity index is 960. The monoisotopic (exact) mass is 447 g/mol. The molecule has 0 bridgehead atoms. The van der Waals surface area contributed by atoms with Gasteiger partial charge in [0.1, 0.15) is 22.6 Å². The third kappa shape index (κ3) is 3.85. The molecule has 4 rings (SSSR count). The predicted octanol–water partition coefficient (Wildman–Crippen LogP) is 3.08. The lowest BCUT2D eigenvalue weighted by atomic mass is 9.80. The number of hydrogen-bond acceptors (Lipinski definition) is 9. The Hall–Kier alpha value is -2.12. The summed E-state index contributed by atoms with van der Waals surface area (Å²) in [6.45, 7) is 2.32. The first-order valence-corrected chi connectivity index (χ1v) is 10.4. The number of anilines is 1. The first kappa shape index (κ1) is 20.2. The molecule has 156 valence electrons. The van der Waals surface area contributed by atoms with E-state index >= 15 is 0 Å². The quantitative estimate of drug-likeness (QED) is 0.743. The van der Waals surface area contributed by atoms with E-state index in [0.717, 1.165) is 12.2 Å². The summed E-state index contributed by atoms with van der Waals surface area (Å²) in [7, 11) is 0. The normalized spacial score (nSPS) is 27.2. The summed E-state index contributed by atoms with van der Waals surface area (Å²) < 4.78 is 47.9. The van der Waals surface area contributed by atoms with Crippen LogP contribution in [-0.2, 0) is 16.5 Å². The number of oxazole rings is 1. The van der Waals surface area contributed by atoms with Gasteiger partial charge in [0.15, 0.2) is 10.9 Å². The second kappa shape index (κ2) is 7.29. The van der Waals surface area contributed by atoms with Gasteiger partial charge in [0.2, 0.25) is 0 Å². The number of alkyl halides is 3. The summed E-state index contributed by atoms with van der Waals surface area (Å²) in [6.07, 6.45) is -3.23. The molecule has 0 spiro atoms. The lowest BCUT2D eigenvalue weighted by Gasteiger charge is -2.44. The maximum absolute atomic E-state index is 12.6. The van der Waals surface area contributed by atoms with Crippen molar-refractivity contribution in [3.63, 3.8) is 0 Å². The lowest BCUT2D eigenvalue weighted by Crippen LogP contribution is -2.49. The second-order valence-corrected chi connectivity index (χ2v) is 8.67. The molecule has 2 aliphatic rings. The highest BCUT2D eigenvalue weighted by Gasteiger charge is 2.49. The van der Waals surface area contributed by atoms with Crippen molar-refractivity contribution in [1.82, 2.24) is 9.97 Å². The van der Waals surface area contributed by atoms with Crippen LogP contribution in [0.15, 0.2) is 21.1 Å². The van der Waals surface area contributed by atoms with E-state index in [1.807, 2.05) is 6.92 Å². The minimum atomic E-state index is -4.77. The summed E-state index contributed by atoms with van der Waals surface area (Å²) in [5, 5.41) is 5.11. The molecular weight excluding hydrogens is 431 g/mol. The zero-order valence-electron chi connectivity index (χ0n) is 15.0. The molecule has 13 heteroatoms. The standard InChI is InChI=1S/C16H16F3N5O3S2/c1-7-2-8-4-29-14(20)24-15(8,6-27-7)13-23-10(5-28-13)22-11(25)9-3-26-12(21-9)16(17,18)19/h3,5,7-8H,2,4,6H2,1H3,(H2,20,24)(H,22,25)/t7-,8-,15?/m0/s1. The fourth-order valence-corrected chi connectivity index (χ4v) is 5.27. The van der Waals surface area contributed by atoms with Gasteiger partial charge in [0, 0.05) is 17.1 Å². The Morgan fingerprint density at radius 3 is 2.93 bits per heavy atom. The third-order valence-electron chi connectivity index (χ3n) is 4.72. The van der Waals surface area contributed by atoms with Crippen LogP contribution in [0.3, 0.4) is 0 Å². The van der Waals surface area contributed by atoms with Crippen LogP contribution >= 0.6 is 23.1 Å². The Kier molecular flexibility index (Phi) is 5.07. The average molecular weight is 447 g/mol. The van der Waals surface area contributed by atoms with Gasteiger partial charge in [-0.3, -0.25) is 4.79 Å². The van der Waals surface area contributed by atoms with Crippen LogP contribution in [0, 0.1) is 5.92 Å². The Morgan fingerprint density at radius 1 is 1.41 bits per heavy atom. The number of nitrogens with two attached hydrogens (primary N) is 1. The number of nitrogens with zero attached hydrogens (tertiary/aromatic N) is 3. The maximum atomic E-state index is 12.6. The molecule has 0 aromatic carbocycles. The molecule has 2 aromatic rings. The van der Waals surface area contributed by atoms with Crippen molar-refractivity contribution in [2.24, 2.45) is 16.6 Å². The molecule has 1 unspecified atom stereocenters. The number of carbonyl (C=O) groups excluding carboxylic acids is 1. The van der Waals surface area contributed by atoms with Gasteiger partial charge in [0.05, 0.1) is 12.7 Å². The number of aromatic nitrogens is 2. The molecule has 3 atom stereocenters. The second-order valence-electron chi connectivity index (χ2n) is 6.77. The molecule has 4 heterocycles. The minimum Gasteiger partial charge on any atom is -0.441 e. The molecule has 0 radical (unpaired) electrons. The van der Waals surface area contributed by atoms with Crippen LogP contribution < -0.4 is 11.1 Å². The molecule has 2 aliphatic heterocycles. The summed E-state index contributed by atoms with van der Waals surface area (Å²) in [6, 6.07) is 0. The molecule has 1 amide bonds. The van der Waals surface area contributed by atoms with E-state index in [-0.39, 0.29) is 17.8 Å². The van der Waals surface area contributed by atoms with Crippen molar-refractivity contribution in [1.29, 1.82) is 0 Å². The maximum Gasteiger partial charge on any atom is 0.468 e. The van der Waals surface area contributed by atoms with Gasteiger partial charge in [0.25, 0.3) is 5.91 Å². The van der Waals surface area contributed by atoms with Crippen LogP contribution in [0.2, 0.25) is 0 Å². The first-order valence-electron chi connectivity index (χ1n) is 8.57. The van der Waals surface area contributed by atoms with Crippen molar-refractivity contribution in [2.45, 2.75) is 31.2 Å². The zero-order valence-corrected chi connectivity index (χ0v) is 16.7. The summed E-state index contributed by atoms with van der Waals surface area (Å²) in [5.74, 6) is -1.20. The third-order valence-corrected chi connectivity index (χ3v) is 6.68. The van der Waals surface area contributed by atoms with Gasteiger partial charge >= 0.3 is 12.1 Å². The predicted molar refractivity (Wildman–Crippen MR) is 101 cm³/mol. The number of fused-ring (bicyclic) bond motifs is 1. The van der Waals surface area contributed by atoms with E-state index in [9.17, 15) is 18.0 Å². The van der Waals surface area contributed by atoms with Gasteiger partial charge in [-0.05, 0) is 13.3 Å². The van der Waals surface area contributed by atoms with Crippen LogP contribution in [-0.4, -0.2) is 39.5 Å². The average Bonchev–Trinajstić information content (AvgIpc) is 3.31. The largest absolute Gasteiger partial charge is 0.468 e. The number of thioether (sulfide) groups is 1. The number of amidine groups is 1. The van der Waals surface area contributed by atoms with E-state index in [0.29, 0.717) is 23.0 Å².